The van der Waals surface area contributed by atoms with Gasteiger partial charge < -0.3 is 14.6 Å². The van der Waals surface area contributed by atoms with Gasteiger partial charge in [0, 0.05) is 39.2 Å². The molecule has 4 nitrogen and oxygen atoms in total. The van der Waals surface area contributed by atoms with Crippen molar-refractivity contribution < 1.29 is 4.74 Å². The molecule has 1 heterocycles. The Morgan fingerprint density at radius 1 is 1.42 bits per heavy atom. The molecule has 1 aromatic rings. The zero-order chi connectivity index (χ0) is 13.5. The number of imidazole rings is 1. The van der Waals surface area contributed by atoms with Gasteiger partial charge in [-0.15, -0.1) is 0 Å². The summed E-state index contributed by atoms with van der Waals surface area (Å²) < 4.78 is 7.28. The second-order valence-electron chi connectivity index (χ2n) is 5.69. The first-order valence-electron chi connectivity index (χ1n) is 7.55. The number of anilines is 1. The van der Waals surface area contributed by atoms with Gasteiger partial charge in [-0.25, -0.2) is 4.98 Å². The summed E-state index contributed by atoms with van der Waals surface area (Å²) in [5.41, 5.74) is 0. The van der Waals surface area contributed by atoms with Crippen LogP contribution in [0.1, 0.15) is 39.0 Å². The number of nitrogens with one attached hydrogen (secondary N) is 1. The van der Waals surface area contributed by atoms with Crippen molar-refractivity contribution in [1.29, 1.82) is 0 Å². The molecule has 0 bridgehead atoms. The van der Waals surface area contributed by atoms with Gasteiger partial charge in [-0.2, -0.15) is 0 Å². The molecule has 1 aromatic heterocycles. The average molecular weight is 265 g/mol. The molecule has 0 spiro atoms. The van der Waals surface area contributed by atoms with Gasteiger partial charge in [-0.05, 0) is 24.7 Å². The maximum Gasteiger partial charge on any atom is 0.202 e. The Bertz CT molecular complexity index is 364. The molecule has 108 valence electrons. The summed E-state index contributed by atoms with van der Waals surface area (Å²) in [6.45, 7) is 5.21. The zero-order valence-electron chi connectivity index (χ0n) is 12.3. The van der Waals surface area contributed by atoms with E-state index in [0.29, 0.717) is 0 Å². The number of hydrogen-bond donors (Lipinski definition) is 1. The number of aromatic nitrogens is 2. The van der Waals surface area contributed by atoms with Crippen molar-refractivity contribution in [1.82, 2.24) is 9.55 Å². The fourth-order valence-corrected chi connectivity index (χ4v) is 2.95. The molecule has 4 heteroatoms. The van der Waals surface area contributed by atoms with E-state index in [1.807, 2.05) is 12.4 Å². The molecule has 0 amide bonds. The summed E-state index contributed by atoms with van der Waals surface area (Å²) in [5, 5.41) is 3.53. The van der Waals surface area contributed by atoms with Crippen LogP contribution >= 0.6 is 0 Å². The summed E-state index contributed by atoms with van der Waals surface area (Å²) in [7, 11) is 1.75. The van der Waals surface area contributed by atoms with Gasteiger partial charge in [-0.3, -0.25) is 0 Å². The van der Waals surface area contributed by atoms with Gasteiger partial charge in [-0.1, -0.05) is 26.2 Å². The van der Waals surface area contributed by atoms with Crippen molar-refractivity contribution >= 4 is 5.95 Å². The van der Waals surface area contributed by atoms with E-state index < -0.39 is 0 Å². The molecule has 2 rings (SSSR count). The number of methoxy groups -OCH3 is 1. The van der Waals surface area contributed by atoms with E-state index in [4.69, 9.17) is 4.74 Å². The van der Waals surface area contributed by atoms with E-state index in [2.05, 4.69) is 21.8 Å². The van der Waals surface area contributed by atoms with E-state index >= 15 is 0 Å². The normalized spacial score (nSPS) is 23.5. The molecule has 0 saturated heterocycles. The predicted molar refractivity (Wildman–Crippen MR) is 78.3 cm³/mol. The Morgan fingerprint density at radius 2 is 2.26 bits per heavy atom. The summed E-state index contributed by atoms with van der Waals surface area (Å²) in [6, 6.07) is 0. The van der Waals surface area contributed by atoms with E-state index in [9.17, 15) is 0 Å². The third-order valence-electron chi connectivity index (χ3n) is 4.27. The van der Waals surface area contributed by atoms with E-state index in [0.717, 1.165) is 43.9 Å². The molecule has 2 unspecified atom stereocenters. The van der Waals surface area contributed by atoms with Gasteiger partial charge in [0.2, 0.25) is 5.95 Å². The van der Waals surface area contributed by atoms with Crippen LogP contribution in [0.15, 0.2) is 12.4 Å². The lowest BCUT2D eigenvalue weighted by Gasteiger charge is -2.29. The minimum absolute atomic E-state index is 0.803. The molecule has 2 atom stereocenters. The lowest BCUT2D eigenvalue weighted by Crippen LogP contribution is -2.25. The molecule has 19 heavy (non-hydrogen) atoms. The number of ether oxygens (including phenoxy) is 1. The highest BCUT2D eigenvalue weighted by Crippen LogP contribution is 2.29. The maximum absolute atomic E-state index is 5.10. The molecule has 1 fully saturated rings. The minimum atomic E-state index is 0.803. The van der Waals surface area contributed by atoms with E-state index in [1.165, 1.54) is 25.7 Å². The SMILES string of the molecule is COCCCn1ccnc1NCC1CCCCC1C. The first kappa shape index (κ1) is 14.4. The van der Waals surface area contributed by atoms with Gasteiger partial charge in [0.1, 0.15) is 0 Å². The van der Waals surface area contributed by atoms with Crippen LogP contribution in [0.3, 0.4) is 0 Å². The molecule has 0 aliphatic heterocycles. The Labute approximate surface area is 116 Å². The summed E-state index contributed by atoms with van der Waals surface area (Å²) in [4.78, 5) is 4.42. The maximum atomic E-state index is 5.10. The van der Waals surface area contributed by atoms with Crippen molar-refractivity contribution in [3.8, 4) is 0 Å². The van der Waals surface area contributed by atoms with Gasteiger partial charge in [0.25, 0.3) is 0 Å². The quantitative estimate of drug-likeness (QED) is 0.770. The standard InChI is InChI=1S/C15H27N3O/c1-13-6-3-4-7-14(13)12-17-15-16-8-10-18(15)9-5-11-19-2/h8,10,13-14H,3-7,9,11-12H2,1-2H3,(H,16,17). The van der Waals surface area contributed by atoms with Crippen molar-refractivity contribution in [3.05, 3.63) is 12.4 Å². The fourth-order valence-electron chi connectivity index (χ4n) is 2.95. The van der Waals surface area contributed by atoms with Crippen LogP contribution in [-0.2, 0) is 11.3 Å². The van der Waals surface area contributed by atoms with Gasteiger partial charge in [0.15, 0.2) is 0 Å². The van der Waals surface area contributed by atoms with Crippen LogP contribution in [0, 0.1) is 11.8 Å². The van der Waals surface area contributed by atoms with Gasteiger partial charge in [0.05, 0.1) is 0 Å². The molecule has 1 saturated carbocycles. The van der Waals surface area contributed by atoms with Crippen LogP contribution < -0.4 is 5.32 Å². The monoisotopic (exact) mass is 265 g/mol. The Hall–Kier alpha value is -1.03. The summed E-state index contributed by atoms with van der Waals surface area (Å²) >= 11 is 0. The van der Waals surface area contributed by atoms with E-state index in [1.54, 1.807) is 7.11 Å². The number of aryl methyl sites for hydroxylation is 1. The first-order chi connectivity index (χ1) is 9.31. The van der Waals surface area contributed by atoms with Crippen molar-refractivity contribution in [2.24, 2.45) is 11.8 Å². The lowest BCUT2D eigenvalue weighted by molar-refractivity contribution is 0.190. The van der Waals surface area contributed by atoms with Crippen LogP contribution in [0.4, 0.5) is 5.95 Å². The predicted octanol–water partition coefficient (Wildman–Crippen LogP) is 3.16. The number of nitrogens with zero attached hydrogens (tertiary/aromatic N) is 2. The molecular weight excluding hydrogens is 238 g/mol. The third-order valence-corrected chi connectivity index (χ3v) is 4.27. The van der Waals surface area contributed by atoms with Crippen LogP contribution in [0.2, 0.25) is 0 Å². The molecule has 1 N–H and O–H groups in total. The topological polar surface area (TPSA) is 39.1 Å². The van der Waals surface area contributed by atoms with Crippen molar-refractivity contribution in [3.63, 3.8) is 0 Å². The Kier molecular flexibility index (Phi) is 5.70. The molecular formula is C15H27N3O. The minimum Gasteiger partial charge on any atom is -0.385 e. The van der Waals surface area contributed by atoms with E-state index in [-0.39, 0.29) is 0 Å². The zero-order valence-corrected chi connectivity index (χ0v) is 12.3. The van der Waals surface area contributed by atoms with Gasteiger partial charge >= 0.3 is 0 Å². The Balaban J connectivity index is 1.80. The number of rotatable bonds is 7. The highest BCUT2D eigenvalue weighted by atomic mass is 16.5. The van der Waals surface area contributed by atoms with Crippen LogP contribution in [-0.4, -0.2) is 29.8 Å². The second-order valence-corrected chi connectivity index (χ2v) is 5.69. The molecule has 1 aliphatic carbocycles. The van der Waals surface area contributed by atoms with Crippen molar-refractivity contribution in [2.45, 2.75) is 45.6 Å². The first-order valence-corrected chi connectivity index (χ1v) is 7.55. The fraction of sp³-hybridized carbons (Fsp3) is 0.800. The average Bonchev–Trinajstić information content (AvgIpc) is 2.86. The smallest absolute Gasteiger partial charge is 0.202 e. The molecule has 0 radical (unpaired) electrons. The lowest BCUT2D eigenvalue weighted by atomic mass is 9.80. The highest BCUT2D eigenvalue weighted by molar-refractivity contribution is 5.25. The highest BCUT2D eigenvalue weighted by Gasteiger charge is 2.21. The molecule has 0 aromatic carbocycles. The molecule has 1 aliphatic rings. The van der Waals surface area contributed by atoms with Crippen LogP contribution in [0.25, 0.3) is 0 Å². The van der Waals surface area contributed by atoms with Crippen LogP contribution in [0.5, 0.6) is 0 Å². The van der Waals surface area contributed by atoms with Crippen molar-refractivity contribution in [2.75, 3.05) is 25.6 Å². The Morgan fingerprint density at radius 3 is 3.05 bits per heavy atom. The summed E-state index contributed by atoms with van der Waals surface area (Å²) in [6.07, 6.45) is 10.5. The largest absolute Gasteiger partial charge is 0.385 e. The second kappa shape index (κ2) is 7.53. The summed E-state index contributed by atoms with van der Waals surface area (Å²) in [5.74, 6) is 2.66. The third kappa shape index (κ3) is 4.23. The number of hydrogen-bond acceptors (Lipinski definition) is 3.